The number of nitrogens with zero attached hydrogens (tertiary/aromatic N) is 1. The number of ether oxygens (including phenoxy) is 1. The third-order valence-electron chi connectivity index (χ3n) is 5.16. The number of methoxy groups -OCH3 is 1. The number of hydrogen-bond acceptors (Lipinski definition) is 5. The molecule has 0 bridgehead atoms. The molecule has 33 heavy (non-hydrogen) atoms. The van der Waals surface area contributed by atoms with E-state index in [2.05, 4.69) is 21.6 Å². The van der Waals surface area contributed by atoms with Gasteiger partial charge in [-0.3, -0.25) is 0 Å². The summed E-state index contributed by atoms with van der Waals surface area (Å²) in [5.41, 5.74) is 5.48. The minimum absolute atomic E-state index is 0.548. The van der Waals surface area contributed by atoms with Crippen LogP contribution in [0.3, 0.4) is 0 Å². The van der Waals surface area contributed by atoms with Gasteiger partial charge in [-0.2, -0.15) is 0 Å². The van der Waals surface area contributed by atoms with Crippen LogP contribution in [0.15, 0.2) is 84.4 Å². The highest BCUT2D eigenvalue weighted by Gasteiger charge is 2.15. The van der Waals surface area contributed by atoms with Gasteiger partial charge in [0, 0.05) is 17.4 Å². The van der Waals surface area contributed by atoms with Crippen LogP contribution in [0.5, 0.6) is 5.75 Å². The first-order valence-corrected chi connectivity index (χ1v) is 12.3. The van der Waals surface area contributed by atoms with Crippen molar-refractivity contribution in [1.82, 2.24) is 4.98 Å². The van der Waals surface area contributed by atoms with Crippen molar-refractivity contribution in [3.05, 3.63) is 95.5 Å². The molecule has 1 heterocycles. The molecule has 0 radical (unpaired) electrons. The van der Waals surface area contributed by atoms with E-state index < -0.39 is 11.0 Å². The molecule has 168 valence electrons. The molecule has 0 saturated carbocycles. The molecule has 3 aromatic carbocycles. The van der Waals surface area contributed by atoms with Gasteiger partial charge >= 0.3 is 0 Å². The summed E-state index contributed by atoms with van der Waals surface area (Å²) >= 11 is 1.57. The van der Waals surface area contributed by atoms with Crippen LogP contribution in [-0.2, 0) is 11.0 Å². The van der Waals surface area contributed by atoms with Gasteiger partial charge in [0.25, 0.3) is 0 Å². The maximum absolute atomic E-state index is 13.2. The van der Waals surface area contributed by atoms with E-state index in [1.54, 1.807) is 24.5 Å². The summed E-state index contributed by atoms with van der Waals surface area (Å²) in [5, 5.41) is 4.25. The number of para-hydroxylation sites is 1. The van der Waals surface area contributed by atoms with E-state index in [0.717, 1.165) is 43.6 Å². The number of hydrogen-bond donors (Lipinski definition) is 2. The van der Waals surface area contributed by atoms with Gasteiger partial charge in [-0.05, 0) is 43.2 Å². The van der Waals surface area contributed by atoms with Crippen molar-refractivity contribution < 1.29 is 8.95 Å². The summed E-state index contributed by atoms with van der Waals surface area (Å²) in [5.74, 6) is 0.549. The smallest absolute Gasteiger partial charge is 0.154 e. The first-order valence-electron chi connectivity index (χ1n) is 10.4. The second-order valence-electron chi connectivity index (χ2n) is 7.50. The van der Waals surface area contributed by atoms with Crippen molar-refractivity contribution in [3.63, 3.8) is 0 Å². The summed E-state index contributed by atoms with van der Waals surface area (Å²) in [6, 6.07) is 21.5. The second kappa shape index (κ2) is 10.0. The summed E-state index contributed by atoms with van der Waals surface area (Å²) in [7, 11) is 0.0617. The Kier molecular flexibility index (Phi) is 6.91. The van der Waals surface area contributed by atoms with Crippen molar-refractivity contribution in [2.24, 2.45) is 0 Å². The Bertz CT molecular complexity index is 1300. The van der Waals surface area contributed by atoms with E-state index in [-0.39, 0.29) is 0 Å². The van der Waals surface area contributed by atoms with Gasteiger partial charge in [0.2, 0.25) is 0 Å². The molecule has 0 aliphatic rings. The molecule has 1 aromatic heterocycles. The van der Waals surface area contributed by atoms with Gasteiger partial charge in [-0.1, -0.05) is 55.1 Å². The number of anilines is 2. The molecule has 0 amide bonds. The lowest BCUT2D eigenvalue weighted by molar-refractivity contribution is 0.404. The largest absolute Gasteiger partial charge is 0.495 e. The highest BCUT2D eigenvalue weighted by Crippen LogP contribution is 2.32. The number of benzene rings is 3. The quantitative estimate of drug-likeness (QED) is 0.299. The van der Waals surface area contributed by atoms with Crippen molar-refractivity contribution in [1.29, 1.82) is 0 Å². The number of aromatic nitrogens is 1. The molecule has 5 nitrogen and oxygen atoms in total. The Labute approximate surface area is 200 Å². The van der Waals surface area contributed by atoms with Crippen LogP contribution in [-0.4, -0.2) is 16.3 Å². The van der Waals surface area contributed by atoms with Gasteiger partial charge in [-0.25, -0.2) is 9.19 Å². The van der Waals surface area contributed by atoms with Gasteiger partial charge in [0.15, 0.2) is 11.0 Å². The minimum atomic E-state index is -1.51. The van der Waals surface area contributed by atoms with E-state index in [1.165, 1.54) is 0 Å². The molecule has 1 atom stereocenters. The Balaban J connectivity index is 1.55. The van der Waals surface area contributed by atoms with Crippen LogP contribution < -0.4 is 14.8 Å². The summed E-state index contributed by atoms with van der Waals surface area (Å²) in [6.45, 7) is 8.15. The normalized spacial score (nSPS) is 11.6. The minimum Gasteiger partial charge on any atom is -0.495 e. The Morgan fingerprint density at radius 2 is 1.76 bits per heavy atom. The van der Waals surface area contributed by atoms with E-state index in [0.29, 0.717) is 10.6 Å². The molecule has 0 aliphatic carbocycles. The van der Waals surface area contributed by atoms with Gasteiger partial charge < -0.3 is 14.8 Å². The molecule has 0 aliphatic heterocycles. The zero-order chi connectivity index (χ0) is 23.4. The lowest BCUT2D eigenvalue weighted by atomic mass is 10.1. The molecule has 4 aromatic rings. The molecular weight excluding hydrogens is 450 g/mol. The maximum Gasteiger partial charge on any atom is 0.154 e. The Hall–Kier alpha value is -3.42. The van der Waals surface area contributed by atoms with Gasteiger partial charge in [0.05, 0.1) is 23.4 Å². The fraction of sp³-hybridized carbons (Fsp3) is 0.115. The van der Waals surface area contributed by atoms with E-state index >= 15 is 0 Å². The van der Waals surface area contributed by atoms with E-state index in [9.17, 15) is 4.21 Å². The first kappa shape index (κ1) is 22.8. The average molecular weight is 476 g/mol. The maximum atomic E-state index is 13.2. The van der Waals surface area contributed by atoms with Gasteiger partial charge in [0.1, 0.15) is 15.7 Å². The lowest BCUT2D eigenvalue weighted by Gasteiger charge is -2.15. The fourth-order valence-electron chi connectivity index (χ4n) is 3.39. The molecule has 0 spiro atoms. The van der Waals surface area contributed by atoms with Crippen LogP contribution in [0.4, 0.5) is 11.4 Å². The molecule has 1 unspecified atom stereocenters. The van der Waals surface area contributed by atoms with E-state index in [1.807, 2.05) is 80.7 Å². The highest BCUT2D eigenvalue weighted by atomic mass is 32.2. The number of nitrogens with one attached hydrogen (secondary N) is 2. The Morgan fingerprint density at radius 3 is 2.45 bits per heavy atom. The topological polar surface area (TPSA) is 63.2 Å². The van der Waals surface area contributed by atoms with Crippen molar-refractivity contribution in [2.45, 2.75) is 18.7 Å². The summed E-state index contributed by atoms with van der Waals surface area (Å²) < 4.78 is 21.8. The van der Waals surface area contributed by atoms with Gasteiger partial charge in [-0.15, -0.1) is 11.3 Å². The molecule has 4 rings (SSSR count). The van der Waals surface area contributed by atoms with Crippen molar-refractivity contribution >= 4 is 39.4 Å². The van der Waals surface area contributed by atoms with E-state index in [4.69, 9.17) is 4.74 Å². The van der Waals surface area contributed by atoms with Crippen LogP contribution in [0.25, 0.3) is 16.3 Å². The SMILES string of the molecule is C=C(Nc1ccc(OC)c(S(=O)Nc2c(C)cccc2C)c1)c1cnc(-c2ccccc2)s1. The number of thiazole rings is 1. The molecule has 0 fully saturated rings. The number of rotatable bonds is 8. The van der Waals surface area contributed by atoms with Crippen LogP contribution in [0.2, 0.25) is 0 Å². The summed E-state index contributed by atoms with van der Waals surface area (Å²) in [4.78, 5) is 6.00. The molecular formula is C26H25N3O2S2. The van der Waals surface area contributed by atoms with Crippen molar-refractivity contribution in [3.8, 4) is 16.3 Å². The van der Waals surface area contributed by atoms with Crippen LogP contribution in [0, 0.1) is 13.8 Å². The number of aryl methyl sites for hydroxylation is 2. The summed E-state index contributed by atoms with van der Waals surface area (Å²) in [6.07, 6.45) is 1.81. The third kappa shape index (κ3) is 5.16. The average Bonchev–Trinajstić information content (AvgIpc) is 3.32. The Morgan fingerprint density at radius 1 is 1.03 bits per heavy atom. The predicted molar refractivity (Wildman–Crippen MR) is 139 cm³/mol. The predicted octanol–water partition coefficient (Wildman–Crippen LogP) is 6.65. The highest BCUT2D eigenvalue weighted by molar-refractivity contribution is 7.86. The molecule has 2 N–H and O–H groups in total. The zero-order valence-corrected chi connectivity index (χ0v) is 20.3. The van der Waals surface area contributed by atoms with Crippen LogP contribution in [0.1, 0.15) is 16.0 Å². The zero-order valence-electron chi connectivity index (χ0n) is 18.7. The van der Waals surface area contributed by atoms with Crippen LogP contribution >= 0.6 is 11.3 Å². The first-order chi connectivity index (χ1) is 16.0. The monoisotopic (exact) mass is 475 g/mol. The third-order valence-corrected chi connectivity index (χ3v) is 7.37. The standard InChI is InChI=1S/C26H25N3O2S2/c1-17-9-8-10-18(2)25(17)29-33(30)24-15-21(13-14-22(24)31-4)28-19(3)23-16-27-26(32-23)20-11-6-5-7-12-20/h5-16,28-29H,3H2,1-2,4H3. The second-order valence-corrected chi connectivity index (χ2v) is 9.71. The lowest BCUT2D eigenvalue weighted by Crippen LogP contribution is -2.09. The van der Waals surface area contributed by atoms with Crippen molar-refractivity contribution in [2.75, 3.05) is 17.1 Å². The fourth-order valence-corrected chi connectivity index (χ4v) is 5.42. The molecule has 7 heteroatoms. The molecule has 0 saturated heterocycles.